The first-order valence-corrected chi connectivity index (χ1v) is 11.1. The lowest BCUT2D eigenvalue weighted by atomic mass is 9.92. The summed E-state index contributed by atoms with van der Waals surface area (Å²) in [6.45, 7) is 10.1. The average Bonchev–Trinajstić information content (AvgIpc) is 3.51. The molecule has 2 unspecified atom stereocenters. The minimum Gasteiger partial charge on any atom is -0.351 e. The second-order valence-electron chi connectivity index (χ2n) is 9.03. The van der Waals surface area contributed by atoms with E-state index in [1.54, 1.807) is 6.07 Å². The minimum absolute atomic E-state index is 0.193. The van der Waals surface area contributed by atoms with Gasteiger partial charge in [-0.2, -0.15) is 0 Å². The van der Waals surface area contributed by atoms with Crippen molar-refractivity contribution in [3.63, 3.8) is 0 Å². The second-order valence-corrected chi connectivity index (χ2v) is 9.03. The van der Waals surface area contributed by atoms with Gasteiger partial charge in [-0.15, -0.1) is 0 Å². The fourth-order valence-electron chi connectivity index (χ4n) is 4.75. The normalized spacial score (nSPS) is 22.4. The predicted octanol–water partition coefficient (Wildman–Crippen LogP) is 1.69. The number of rotatable bonds is 6. The van der Waals surface area contributed by atoms with Gasteiger partial charge in [0.25, 0.3) is 11.5 Å². The number of nitrogens with one attached hydrogen (secondary N) is 2. The van der Waals surface area contributed by atoms with E-state index < -0.39 is 11.2 Å². The van der Waals surface area contributed by atoms with Crippen molar-refractivity contribution < 1.29 is 4.79 Å². The lowest BCUT2D eigenvalue weighted by molar-refractivity contribution is 0.0938. The van der Waals surface area contributed by atoms with Crippen molar-refractivity contribution in [2.75, 3.05) is 26.2 Å². The molecule has 1 aliphatic carbocycles. The maximum absolute atomic E-state index is 13.1. The van der Waals surface area contributed by atoms with E-state index in [2.05, 4.69) is 34.0 Å². The van der Waals surface area contributed by atoms with Gasteiger partial charge in [0.1, 0.15) is 0 Å². The lowest BCUT2D eigenvalue weighted by Crippen LogP contribution is -2.43. The summed E-state index contributed by atoms with van der Waals surface area (Å²) < 4.78 is 1.43. The first kappa shape index (κ1) is 20.8. The summed E-state index contributed by atoms with van der Waals surface area (Å²) in [4.78, 5) is 47.2. The molecule has 1 saturated carbocycles. The molecule has 2 aromatic heterocycles. The fourth-order valence-corrected chi connectivity index (χ4v) is 4.75. The molecule has 2 aromatic rings. The van der Waals surface area contributed by atoms with Crippen LogP contribution in [-0.2, 0) is 6.54 Å². The molecule has 1 saturated heterocycles. The first-order valence-electron chi connectivity index (χ1n) is 11.1. The summed E-state index contributed by atoms with van der Waals surface area (Å²) in [6, 6.07) is 1.74. The van der Waals surface area contributed by atoms with Crippen LogP contribution >= 0.6 is 0 Å². The van der Waals surface area contributed by atoms with Gasteiger partial charge in [0.15, 0.2) is 5.65 Å². The van der Waals surface area contributed by atoms with E-state index >= 15 is 0 Å². The first-order chi connectivity index (χ1) is 14.4. The van der Waals surface area contributed by atoms with Crippen molar-refractivity contribution >= 4 is 16.9 Å². The molecule has 162 valence electrons. The molecule has 4 rings (SSSR count). The van der Waals surface area contributed by atoms with Crippen molar-refractivity contribution in [2.45, 2.75) is 52.5 Å². The topological polar surface area (TPSA) is 100 Å². The third kappa shape index (κ3) is 4.19. The Hall–Kier alpha value is -2.48. The number of likely N-dealkylation sites (tertiary alicyclic amines) is 1. The number of hydrogen-bond acceptors (Lipinski definition) is 5. The number of carbonyl (C=O) groups excluding carboxylic acids is 1. The van der Waals surface area contributed by atoms with Crippen molar-refractivity contribution in [3.8, 4) is 0 Å². The Morgan fingerprint density at radius 1 is 1.23 bits per heavy atom. The Kier molecular flexibility index (Phi) is 5.77. The Labute approximate surface area is 175 Å². The molecule has 2 fully saturated rings. The van der Waals surface area contributed by atoms with Crippen molar-refractivity contribution in [2.24, 2.45) is 11.8 Å². The number of nitrogens with zero attached hydrogens (tertiary/aromatic N) is 3. The molecule has 8 heteroatoms. The SMILES string of the molecule is CCn1c(=O)[nH]c(=O)c2c(C(=O)NCCN3CC(C)CC(C)C3)cc(C3CC3)nc21. The van der Waals surface area contributed by atoms with Crippen LogP contribution in [0.3, 0.4) is 0 Å². The molecule has 2 N–H and O–H groups in total. The molecular weight excluding hydrogens is 382 g/mol. The van der Waals surface area contributed by atoms with Crippen LogP contribution in [0.5, 0.6) is 0 Å². The summed E-state index contributed by atoms with van der Waals surface area (Å²) in [5.41, 5.74) is 0.359. The van der Waals surface area contributed by atoms with Gasteiger partial charge in [-0.05, 0) is 44.1 Å². The van der Waals surface area contributed by atoms with E-state index in [0.717, 1.165) is 38.2 Å². The molecule has 3 heterocycles. The smallest absolute Gasteiger partial charge is 0.329 e. The molecule has 8 nitrogen and oxygen atoms in total. The summed E-state index contributed by atoms with van der Waals surface area (Å²) in [7, 11) is 0. The zero-order valence-electron chi connectivity index (χ0n) is 18.0. The van der Waals surface area contributed by atoms with Gasteiger partial charge in [0.2, 0.25) is 0 Å². The highest BCUT2D eigenvalue weighted by atomic mass is 16.2. The van der Waals surface area contributed by atoms with Crippen LogP contribution in [0.15, 0.2) is 15.7 Å². The average molecular weight is 414 g/mol. The van der Waals surface area contributed by atoms with Gasteiger partial charge >= 0.3 is 5.69 Å². The third-order valence-corrected chi connectivity index (χ3v) is 6.18. The zero-order valence-corrected chi connectivity index (χ0v) is 18.0. The number of amides is 1. The standard InChI is InChI=1S/C22H31N5O3/c1-4-27-19-18(21(29)25-22(27)30)16(10-17(24-19)15-5-6-15)20(28)23-7-8-26-11-13(2)9-14(3)12-26/h10,13-15H,4-9,11-12H2,1-3H3,(H,23,28)(H,25,29,30). The van der Waals surface area contributed by atoms with Crippen LogP contribution in [0.1, 0.15) is 62.0 Å². The summed E-state index contributed by atoms with van der Waals surface area (Å²) >= 11 is 0. The van der Waals surface area contributed by atoms with Crippen LogP contribution in [0.25, 0.3) is 11.0 Å². The van der Waals surface area contributed by atoms with Crippen LogP contribution in [-0.4, -0.2) is 51.5 Å². The molecule has 1 amide bonds. The third-order valence-electron chi connectivity index (χ3n) is 6.18. The van der Waals surface area contributed by atoms with Crippen molar-refractivity contribution in [1.82, 2.24) is 24.8 Å². The van der Waals surface area contributed by atoms with Gasteiger partial charge in [-0.1, -0.05) is 13.8 Å². The Balaban J connectivity index is 1.60. The molecule has 0 radical (unpaired) electrons. The molecule has 2 atom stereocenters. The predicted molar refractivity (Wildman–Crippen MR) is 116 cm³/mol. The van der Waals surface area contributed by atoms with Gasteiger partial charge in [0, 0.05) is 44.3 Å². The quantitative estimate of drug-likeness (QED) is 0.751. The van der Waals surface area contributed by atoms with Gasteiger partial charge in [0.05, 0.1) is 10.9 Å². The van der Waals surface area contributed by atoms with Gasteiger partial charge < -0.3 is 10.2 Å². The highest BCUT2D eigenvalue weighted by molar-refractivity contribution is 6.05. The Morgan fingerprint density at radius 2 is 1.93 bits per heavy atom. The molecule has 0 aromatic carbocycles. The zero-order chi connectivity index (χ0) is 21.4. The number of H-pyrrole nitrogens is 1. The Bertz CT molecular complexity index is 1060. The van der Waals surface area contributed by atoms with Crippen molar-refractivity contribution in [3.05, 3.63) is 38.2 Å². The number of fused-ring (bicyclic) bond motifs is 1. The number of aromatic nitrogens is 3. The number of pyridine rings is 1. The molecule has 0 spiro atoms. The van der Waals surface area contributed by atoms with Crippen LogP contribution in [0.4, 0.5) is 0 Å². The molecule has 30 heavy (non-hydrogen) atoms. The molecular formula is C22H31N5O3. The minimum atomic E-state index is -0.557. The fraction of sp³-hybridized carbons (Fsp3) is 0.636. The number of hydrogen-bond donors (Lipinski definition) is 2. The molecule has 1 aliphatic heterocycles. The maximum Gasteiger partial charge on any atom is 0.329 e. The highest BCUT2D eigenvalue weighted by Crippen LogP contribution is 2.39. The van der Waals surface area contributed by atoms with Crippen LogP contribution < -0.4 is 16.6 Å². The number of piperidine rings is 1. The van der Waals surface area contributed by atoms with Crippen molar-refractivity contribution in [1.29, 1.82) is 0 Å². The lowest BCUT2D eigenvalue weighted by Gasteiger charge is -2.34. The summed E-state index contributed by atoms with van der Waals surface area (Å²) in [5, 5.41) is 3.18. The monoisotopic (exact) mass is 413 g/mol. The van der Waals surface area contributed by atoms with E-state index in [1.807, 2.05) is 6.92 Å². The van der Waals surface area contributed by atoms with Gasteiger partial charge in [-0.3, -0.25) is 19.1 Å². The maximum atomic E-state index is 13.1. The van der Waals surface area contributed by atoms with E-state index in [4.69, 9.17) is 0 Å². The molecule has 0 bridgehead atoms. The van der Waals surface area contributed by atoms with E-state index in [-0.39, 0.29) is 11.3 Å². The Morgan fingerprint density at radius 3 is 2.57 bits per heavy atom. The molecule has 2 aliphatic rings. The number of carbonyl (C=O) groups is 1. The summed E-state index contributed by atoms with van der Waals surface area (Å²) in [5.74, 6) is 1.35. The number of aryl methyl sites for hydroxylation is 1. The van der Waals surface area contributed by atoms with Gasteiger partial charge in [-0.25, -0.2) is 9.78 Å². The van der Waals surface area contributed by atoms with Crippen LogP contribution in [0, 0.1) is 11.8 Å². The van der Waals surface area contributed by atoms with E-state index in [1.165, 1.54) is 11.0 Å². The largest absolute Gasteiger partial charge is 0.351 e. The number of aromatic amines is 1. The van der Waals surface area contributed by atoms with E-state index in [0.29, 0.717) is 42.1 Å². The highest BCUT2D eigenvalue weighted by Gasteiger charge is 2.29. The second kappa shape index (κ2) is 8.34. The van der Waals surface area contributed by atoms with E-state index in [9.17, 15) is 14.4 Å². The summed E-state index contributed by atoms with van der Waals surface area (Å²) in [6.07, 6.45) is 3.28. The van der Waals surface area contributed by atoms with Crippen LogP contribution in [0.2, 0.25) is 0 Å².